The summed E-state index contributed by atoms with van der Waals surface area (Å²) in [6.45, 7) is 4.27. The lowest BCUT2D eigenvalue weighted by molar-refractivity contribution is -0.150. The van der Waals surface area contributed by atoms with Gasteiger partial charge in [0.05, 0.1) is 5.69 Å². The number of hydrogen-bond acceptors (Lipinski definition) is 5. The first kappa shape index (κ1) is 22.5. The highest BCUT2D eigenvalue weighted by Crippen LogP contribution is 2.29. The van der Waals surface area contributed by atoms with Crippen molar-refractivity contribution in [2.45, 2.75) is 26.3 Å². The molecule has 8 nitrogen and oxygen atoms in total. The van der Waals surface area contributed by atoms with Crippen molar-refractivity contribution < 1.29 is 23.9 Å². The molecule has 1 fully saturated rings. The van der Waals surface area contributed by atoms with Gasteiger partial charge in [-0.15, -0.1) is 0 Å². The Balaban J connectivity index is 1.57. The molecule has 1 aliphatic rings. The number of rotatable bonds is 6. The number of ether oxygens (including phenoxy) is 1. The first-order valence-corrected chi connectivity index (χ1v) is 10.3. The zero-order chi connectivity index (χ0) is 22.8. The molecule has 1 aliphatic heterocycles. The minimum atomic E-state index is -1.28. The zero-order valence-electron chi connectivity index (χ0n) is 17.3. The average Bonchev–Trinajstić information content (AvgIpc) is 2.93. The summed E-state index contributed by atoms with van der Waals surface area (Å²) in [7, 11) is 0. The van der Waals surface area contributed by atoms with Crippen LogP contribution in [0.2, 0.25) is 0 Å². The van der Waals surface area contributed by atoms with E-state index in [1.165, 1.54) is 0 Å². The maximum atomic E-state index is 12.9. The molecule has 0 bridgehead atoms. The van der Waals surface area contributed by atoms with E-state index >= 15 is 0 Å². The van der Waals surface area contributed by atoms with Crippen molar-refractivity contribution in [3.05, 3.63) is 63.6 Å². The maximum absolute atomic E-state index is 12.9. The highest BCUT2D eigenvalue weighted by atomic mass is 79.9. The Morgan fingerprint density at radius 2 is 1.74 bits per heavy atom. The smallest absolute Gasteiger partial charge is 0.326 e. The number of carbonyl (C=O) groups excluding carboxylic acids is 4. The Labute approximate surface area is 188 Å². The lowest BCUT2D eigenvalue weighted by atomic mass is 9.91. The van der Waals surface area contributed by atoms with Crippen molar-refractivity contribution in [3.8, 4) is 0 Å². The summed E-state index contributed by atoms with van der Waals surface area (Å²) in [5.74, 6) is -1.97. The van der Waals surface area contributed by atoms with Gasteiger partial charge in [-0.25, -0.2) is 4.79 Å². The summed E-state index contributed by atoms with van der Waals surface area (Å²) in [6, 6.07) is 11.9. The molecule has 9 heteroatoms. The van der Waals surface area contributed by atoms with Gasteiger partial charge < -0.3 is 15.4 Å². The van der Waals surface area contributed by atoms with E-state index in [1.54, 1.807) is 25.1 Å². The number of anilines is 1. The number of nitrogens with one attached hydrogen (secondary N) is 2. The predicted octanol–water partition coefficient (Wildman–Crippen LogP) is 3.01. The molecule has 4 amide bonds. The van der Waals surface area contributed by atoms with Gasteiger partial charge in [0.2, 0.25) is 0 Å². The van der Waals surface area contributed by atoms with Crippen molar-refractivity contribution in [2.24, 2.45) is 0 Å². The van der Waals surface area contributed by atoms with Gasteiger partial charge in [0.25, 0.3) is 11.8 Å². The molecule has 162 valence electrons. The number of hydrogen-bond donors (Lipinski definition) is 2. The third-order valence-electron chi connectivity index (χ3n) is 4.95. The first-order chi connectivity index (χ1) is 14.6. The number of benzene rings is 2. The molecule has 0 unspecified atom stereocenters. The molecule has 0 radical (unpaired) electrons. The van der Waals surface area contributed by atoms with Crippen LogP contribution in [0, 0.1) is 13.8 Å². The highest BCUT2D eigenvalue weighted by molar-refractivity contribution is 9.10. The molecule has 0 saturated carbocycles. The highest BCUT2D eigenvalue weighted by Gasteiger charge is 2.49. The van der Waals surface area contributed by atoms with E-state index in [1.807, 2.05) is 38.1 Å². The van der Waals surface area contributed by atoms with Gasteiger partial charge in [0.1, 0.15) is 12.1 Å². The molecule has 0 spiro atoms. The number of aryl methyl sites for hydroxylation is 2. The van der Waals surface area contributed by atoms with Crippen LogP contribution in [0.5, 0.6) is 0 Å². The Hall–Kier alpha value is -3.20. The number of esters is 1. The molecule has 1 saturated heterocycles. The van der Waals surface area contributed by atoms with E-state index in [2.05, 4.69) is 26.6 Å². The van der Waals surface area contributed by atoms with Crippen LogP contribution >= 0.6 is 15.9 Å². The molecular formula is C22H22BrN3O5. The Morgan fingerprint density at radius 1 is 1.10 bits per heavy atom. The summed E-state index contributed by atoms with van der Waals surface area (Å²) in [5, 5.41) is 5.24. The molecule has 1 atom stereocenters. The number of imide groups is 1. The number of carbonyl (C=O) groups is 4. The Morgan fingerprint density at radius 3 is 2.39 bits per heavy atom. The minimum Gasteiger partial charge on any atom is -0.454 e. The predicted molar refractivity (Wildman–Crippen MR) is 117 cm³/mol. The van der Waals surface area contributed by atoms with Crippen LogP contribution in [0.15, 0.2) is 46.9 Å². The molecule has 0 aliphatic carbocycles. The molecule has 31 heavy (non-hydrogen) atoms. The van der Waals surface area contributed by atoms with Gasteiger partial charge in [-0.2, -0.15) is 0 Å². The van der Waals surface area contributed by atoms with Gasteiger partial charge in [-0.1, -0.05) is 35.9 Å². The fourth-order valence-corrected chi connectivity index (χ4v) is 3.74. The topological polar surface area (TPSA) is 105 Å². The standard InChI is InChI=1S/C22H22BrN3O5/c1-13-4-7-15(8-5-13)22(3)20(29)26(21(30)25-22)11-19(28)31-12-18(27)24-17-9-6-14(2)10-16(17)23/h4-10H,11-12H2,1-3H3,(H,24,27)(H,25,30)/t22-/m1/s1. The van der Waals surface area contributed by atoms with Crippen LogP contribution in [0.1, 0.15) is 23.6 Å². The molecule has 2 aromatic rings. The molecule has 2 N–H and O–H groups in total. The summed E-state index contributed by atoms with van der Waals surface area (Å²) >= 11 is 3.35. The van der Waals surface area contributed by atoms with Crippen molar-refractivity contribution in [1.82, 2.24) is 10.2 Å². The van der Waals surface area contributed by atoms with Crippen molar-refractivity contribution in [2.75, 3.05) is 18.5 Å². The lowest BCUT2D eigenvalue weighted by Gasteiger charge is -2.22. The van der Waals surface area contributed by atoms with E-state index in [-0.39, 0.29) is 0 Å². The summed E-state index contributed by atoms with van der Waals surface area (Å²) in [5.41, 5.74) is 1.90. The summed E-state index contributed by atoms with van der Waals surface area (Å²) in [6.07, 6.45) is 0. The van der Waals surface area contributed by atoms with E-state index in [0.29, 0.717) is 15.7 Å². The van der Waals surface area contributed by atoms with Crippen molar-refractivity contribution in [1.29, 1.82) is 0 Å². The Bertz CT molecular complexity index is 1050. The van der Waals surface area contributed by atoms with Crippen LogP contribution in [0.25, 0.3) is 0 Å². The Kier molecular flexibility index (Phi) is 6.45. The van der Waals surface area contributed by atoms with E-state index in [4.69, 9.17) is 4.74 Å². The van der Waals surface area contributed by atoms with Gasteiger partial charge in [-0.3, -0.25) is 19.3 Å². The summed E-state index contributed by atoms with van der Waals surface area (Å²) in [4.78, 5) is 50.2. The molecule has 1 heterocycles. The second-order valence-electron chi connectivity index (χ2n) is 7.50. The second-order valence-corrected chi connectivity index (χ2v) is 8.36. The summed E-state index contributed by atoms with van der Waals surface area (Å²) < 4.78 is 5.64. The lowest BCUT2D eigenvalue weighted by Crippen LogP contribution is -2.41. The average molecular weight is 488 g/mol. The maximum Gasteiger partial charge on any atom is 0.326 e. The van der Waals surface area contributed by atoms with Crippen LogP contribution in [0.4, 0.5) is 10.5 Å². The van der Waals surface area contributed by atoms with Crippen molar-refractivity contribution >= 4 is 45.4 Å². The number of nitrogens with zero attached hydrogens (tertiary/aromatic N) is 1. The third kappa shape index (κ3) is 4.93. The van der Waals surface area contributed by atoms with Gasteiger partial charge in [0, 0.05) is 4.47 Å². The van der Waals surface area contributed by atoms with Crippen molar-refractivity contribution in [3.63, 3.8) is 0 Å². The normalized spacial score (nSPS) is 18.0. The molecule has 0 aromatic heterocycles. The van der Waals surface area contributed by atoms with E-state index < -0.39 is 42.5 Å². The van der Waals surface area contributed by atoms with Gasteiger partial charge in [-0.05, 0) is 60.0 Å². The third-order valence-corrected chi connectivity index (χ3v) is 5.61. The fraction of sp³-hybridized carbons (Fsp3) is 0.273. The van der Waals surface area contributed by atoms with Gasteiger partial charge in [0.15, 0.2) is 6.61 Å². The first-order valence-electron chi connectivity index (χ1n) is 9.53. The van der Waals surface area contributed by atoms with Gasteiger partial charge >= 0.3 is 12.0 Å². The quantitative estimate of drug-likeness (QED) is 0.481. The molecule has 2 aromatic carbocycles. The van der Waals surface area contributed by atoms with E-state index in [9.17, 15) is 19.2 Å². The largest absolute Gasteiger partial charge is 0.454 e. The van der Waals surface area contributed by atoms with Crippen LogP contribution in [-0.2, 0) is 24.7 Å². The van der Waals surface area contributed by atoms with E-state index in [0.717, 1.165) is 16.0 Å². The van der Waals surface area contributed by atoms with Crippen LogP contribution < -0.4 is 10.6 Å². The number of urea groups is 1. The molecule has 3 rings (SSSR count). The second kappa shape index (κ2) is 8.89. The fourth-order valence-electron chi connectivity index (χ4n) is 3.15. The number of halogens is 1. The minimum absolute atomic E-state index is 0.537. The monoisotopic (exact) mass is 487 g/mol. The zero-order valence-corrected chi connectivity index (χ0v) is 18.9. The number of amides is 4. The van der Waals surface area contributed by atoms with Crippen LogP contribution in [-0.4, -0.2) is 41.9 Å². The molecular weight excluding hydrogens is 466 g/mol. The van der Waals surface area contributed by atoms with Crippen LogP contribution in [0.3, 0.4) is 0 Å². The SMILES string of the molecule is Cc1ccc([C@@]2(C)NC(=O)N(CC(=O)OCC(=O)Nc3ccc(C)cc3Br)C2=O)cc1.